The van der Waals surface area contributed by atoms with Gasteiger partial charge in [-0.25, -0.2) is 0 Å². The number of fused-ring (bicyclic) bond motifs is 6. The average molecular weight is 402 g/mol. The summed E-state index contributed by atoms with van der Waals surface area (Å²) >= 11 is 1.67. The SMILES string of the molecule is CC(=O)O[C@H]1CC[C@@]2(C)C(=CC[C@@H]3[C@@H]2CC[C@]2(C)C4=C(C[C@@H]32)SC(N)=NN4)C1. The Hall–Kier alpha value is -1.43. The van der Waals surface area contributed by atoms with Crippen molar-refractivity contribution in [1.82, 2.24) is 5.43 Å². The van der Waals surface area contributed by atoms with Gasteiger partial charge in [0.1, 0.15) is 6.10 Å². The molecule has 0 spiro atoms. The normalized spacial score (nSPS) is 44.2. The Kier molecular flexibility index (Phi) is 4.17. The monoisotopic (exact) mass is 401 g/mol. The Labute approximate surface area is 171 Å². The van der Waals surface area contributed by atoms with Crippen molar-refractivity contribution in [1.29, 1.82) is 0 Å². The van der Waals surface area contributed by atoms with Gasteiger partial charge in [0, 0.05) is 29.4 Å². The van der Waals surface area contributed by atoms with Gasteiger partial charge < -0.3 is 10.5 Å². The maximum atomic E-state index is 11.4. The Balaban J connectivity index is 1.41. The van der Waals surface area contributed by atoms with Crippen LogP contribution in [0.4, 0.5) is 0 Å². The summed E-state index contributed by atoms with van der Waals surface area (Å²) < 4.78 is 5.56. The second-order valence-electron chi connectivity index (χ2n) is 9.86. The van der Waals surface area contributed by atoms with E-state index in [0.717, 1.165) is 38.0 Å². The van der Waals surface area contributed by atoms with E-state index in [9.17, 15) is 4.79 Å². The summed E-state index contributed by atoms with van der Waals surface area (Å²) in [4.78, 5) is 12.8. The van der Waals surface area contributed by atoms with Gasteiger partial charge in [-0.05, 0) is 61.7 Å². The standard InChI is InChI=1S/C22H31N3O2S/c1-12(26)27-14-6-8-21(2)13(10-14)4-5-15-16(21)7-9-22(3)17(15)11-18-19(22)24-25-20(23)28-18/h4,14-17,24H,5-11H2,1-3H3,(H2,23,25)/t14-,15+,16-,17-,21-,22-/m0/s1. The van der Waals surface area contributed by atoms with Crippen LogP contribution in [0.5, 0.6) is 0 Å². The lowest BCUT2D eigenvalue weighted by Gasteiger charge is -2.57. The number of nitrogens with one attached hydrogen (secondary N) is 1. The average Bonchev–Trinajstić information content (AvgIpc) is 2.93. The van der Waals surface area contributed by atoms with Gasteiger partial charge in [-0.15, -0.1) is 0 Å². The number of ether oxygens (including phenoxy) is 1. The third kappa shape index (κ3) is 2.59. The van der Waals surface area contributed by atoms with E-state index in [1.54, 1.807) is 17.3 Å². The zero-order valence-electron chi connectivity index (χ0n) is 17.1. The predicted octanol–water partition coefficient (Wildman–Crippen LogP) is 4.27. The van der Waals surface area contributed by atoms with E-state index >= 15 is 0 Å². The number of allylic oxidation sites excluding steroid dienone is 3. The topological polar surface area (TPSA) is 76.7 Å². The first-order valence-corrected chi connectivity index (χ1v) is 11.5. The van der Waals surface area contributed by atoms with E-state index in [0.29, 0.717) is 17.0 Å². The lowest BCUT2D eigenvalue weighted by atomic mass is 9.48. The molecule has 6 heteroatoms. The number of carbonyl (C=O) groups excluding carboxylic acids is 1. The number of amidine groups is 1. The molecule has 0 aromatic heterocycles. The minimum absolute atomic E-state index is 0.0726. The van der Waals surface area contributed by atoms with Gasteiger partial charge in [0.2, 0.25) is 0 Å². The van der Waals surface area contributed by atoms with Crippen molar-refractivity contribution in [3.63, 3.8) is 0 Å². The second kappa shape index (κ2) is 6.28. The number of carbonyl (C=O) groups is 1. The van der Waals surface area contributed by atoms with Gasteiger partial charge >= 0.3 is 5.97 Å². The molecule has 0 saturated heterocycles. The molecule has 2 fully saturated rings. The van der Waals surface area contributed by atoms with Crippen LogP contribution in [0, 0.1) is 28.6 Å². The van der Waals surface area contributed by atoms with Gasteiger partial charge in [-0.3, -0.25) is 10.2 Å². The van der Waals surface area contributed by atoms with Crippen molar-refractivity contribution in [2.75, 3.05) is 0 Å². The largest absolute Gasteiger partial charge is 0.462 e. The number of hydrazone groups is 1. The van der Waals surface area contributed by atoms with Crippen LogP contribution in [0.15, 0.2) is 27.4 Å². The lowest BCUT2D eigenvalue weighted by Crippen LogP contribution is -2.50. The molecule has 0 amide bonds. The molecule has 2 saturated carbocycles. The molecule has 4 aliphatic carbocycles. The molecule has 1 aliphatic heterocycles. The highest BCUT2D eigenvalue weighted by molar-refractivity contribution is 8.17. The number of hydrogen-bond donors (Lipinski definition) is 2. The molecule has 5 aliphatic rings. The van der Waals surface area contributed by atoms with Gasteiger partial charge in [0.15, 0.2) is 5.17 Å². The number of hydrogen-bond acceptors (Lipinski definition) is 6. The first kappa shape index (κ1) is 18.6. The smallest absolute Gasteiger partial charge is 0.302 e. The summed E-state index contributed by atoms with van der Waals surface area (Å²) in [5, 5.41) is 4.96. The Morgan fingerprint density at radius 1 is 1.25 bits per heavy atom. The van der Waals surface area contributed by atoms with Crippen LogP contribution in [-0.2, 0) is 9.53 Å². The molecule has 0 aromatic carbocycles. The molecule has 5 nitrogen and oxygen atoms in total. The first-order valence-electron chi connectivity index (χ1n) is 10.7. The summed E-state index contributed by atoms with van der Waals surface area (Å²) in [6, 6.07) is 0. The minimum Gasteiger partial charge on any atom is -0.462 e. The van der Waals surface area contributed by atoms with Crippen molar-refractivity contribution in [2.45, 2.75) is 71.8 Å². The fourth-order valence-electron chi connectivity index (χ4n) is 7.13. The first-order chi connectivity index (χ1) is 13.3. The number of esters is 1. The van der Waals surface area contributed by atoms with Crippen LogP contribution in [0.25, 0.3) is 0 Å². The number of nitrogens with zero attached hydrogens (tertiary/aromatic N) is 1. The molecule has 5 rings (SSSR count). The molecule has 0 bridgehead atoms. The van der Waals surface area contributed by atoms with Crippen molar-refractivity contribution >= 4 is 22.9 Å². The van der Waals surface area contributed by atoms with Crippen LogP contribution >= 0.6 is 11.8 Å². The third-order valence-electron chi connectivity index (χ3n) is 8.54. The Bertz CT molecular complexity index is 819. The summed E-state index contributed by atoms with van der Waals surface area (Å²) in [5.74, 6) is 1.96. The van der Waals surface area contributed by atoms with Gasteiger partial charge in [0.05, 0.1) is 0 Å². The second-order valence-corrected chi connectivity index (χ2v) is 11.0. The fraction of sp³-hybridized carbons (Fsp3) is 0.727. The number of nitrogens with two attached hydrogens (primary N) is 1. The highest BCUT2D eigenvalue weighted by atomic mass is 32.2. The lowest BCUT2D eigenvalue weighted by molar-refractivity contribution is -0.148. The van der Waals surface area contributed by atoms with Crippen LogP contribution in [0.2, 0.25) is 0 Å². The zero-order chi connectivity index (χ0) is 19.7. The van der Waals surface area contributed by atoms with E-state index in [1.165, 1.54) is 30.4 Å². The zero-order valence-corrected chi connectivity index (χ0v) is 17.9. The Morgan fingerprint density at radius 3 is 2.82 bits per heavy atom. The summed E-state index contributed by atoms with van der Waals surface area (Å²) in [6.07, 6.45) is 10.4. The Morgan fingerprint density at radius 2 is 2.04 bits per heavy atom. The predicted molar refractivity (Wildman–Crippen MR) is 112 cm³/mol. The fourth-order valence-corrected chi connectivity index (χ4v) is 8.12. The molecule has 0 aromatic rings. The number of rotatable bonds is 1. The van der Waals surface area contributed by atoms with Crippen LogP contribution in [-0.4, -0.2) is 17.2 Å². The van der Waals surface area contributed by atoms with Crippen LogP contribution in [0.1, 0.15) is 65.7 Å². The summed E-state index contributed by atoms with van der Waals surface area (Å²) in [6.45, 7) is 6.46. The van der Waals surface area contributed by atoms with E-state index in [2.05, 4.69) is 30.5 Å². The van der Waals surface area contributed by atoms with E-state index in [-0.39, 0.29) is 22.9 Å². The molecular weight excluding hydrogens is 370 g/mol. The van der Waals surface area contributed by atoms with Crippen molar-refractivity contribution in [3.05, 3.63) is 22.3 Å². The molecular formula is C22H31N3O2S. The highest BCUT2D eigenvalue weighted by Gasteiger charge is 2.58. The highest BCUT2D eigenvalue weighted by Crippen LogP contribution is 2.66. The number of thioether (sulfide) groups is 1. The van der Waals surface area contributed by atoms with Crippen molar-refractivity contribution < 1.29 is 9.53 Å². The molecule has 0 unspecified atom stereocenters. The van der Waals surface area contributed by atoms with Crippen LogP contribution in [0.3, 0.4) is 0 Å². The molecule has 28 heavy (non-hydrogen) atoms. The van der Waals surface area contributed by atoms with E-state index in [1.807, 2.05) is 0 Å². The third-order valence-corrected chi connectivity index (χ3v) is 9.46. The van der Waals surface area contributed by atoms with Crippen molar-refractivity contribution in [2.24, 2.45) is 39.4 Å². The van der Waals surface area contributed by atoms with Gasteiger partial charge in [0.25, 0.3) is 0 Å². The summed E-state index contributed by atoms with van der Waals surface area (Å²) in [7, 11) is 0. The maximum absolute atomic E-state index is 11.4. The molecule has 1 heterocycles. The van der Waals surface area contributed by atoms with Crippen LogP contribution < -0.4 is 11.2 Å². The van der Waals surface area contributed by atoms with E-state index < -0.39 is 0 Å². The maximum Gasteiger partial charge on any atom is 0.302 e. The quantitative estimate of drug-likeness (QED) is 0.507. The van der Waals surface area contributed by atoms with E-state index in [4.69, 9.17) is 10.5 Å². The van der Waals surface area contributed by atoms with Gasteiger partial charge in [-0.1, -0.05) is 37.3 Å². The molecule has 6 atom stereocenters. The summed E-state index contributed by atoms with van der Waals surface area (Å²) in [5.41, 5.74) is 12.6. The van der Waals surface area contributed by atoms with Gasteiger partial charge in [-0.2, -0.15) is 5.10 Å². The molecule has 3 N–H and O–H groups in total. The van der Waals surface area contributed by atoms with Crippen molar-refractivity contribution in [3.8, 4) is 0 Å². The molecule has 152 valence electrons. The minimum atomic E-state index is -0.148. The molecule has 0 radical (unpaired) electrons.